The molecule has 0 aliphatic heterocycles. The van der Waals surface area contributed by atoms with E-state index in [1.165, 1.54) is 0 Å². The molecule has 30 heavy (non-hydrogen) atoms. The van der Waals surface area contributed by atoms with Crippen molar-refractivity contribution in [3.8, 4) is 0 Å². The highest BCUT2D eigenvalue weighted by molar-refractivity contribution is 6.38. The van der Waals surface area contributed by atoms with Crippen molar-refractivity contribution in [3.05, 3.63) is 47.3 Å². The normalized spacial score (nSPS) is 23.3. The van der Waals surface area contributed by atoms with E-state index >= 15 is 0 Å². The fraction of sp³-hybridized carbons (Fsp3) is 0.560. The minimum Gasteiger partial charge on any atom is -0.469 e. The predicted octanol–water partition coefficient (Wildman–Crippen LogP) is 5.38. The van der Waals surface area contributed by atoms with Crippen molar-refractivity contribution in [1.82, 2.24) is 0 Å². The smallest absolute Gasteiger partial charge is 0.202 e. The van der Waals surface area contributed by atoms with Crippen LogP contribution in [0.25, 0.3) is 0 Å². The highest BCUT2D eigenvalue weighted by Crippen LogP contribution is 2.43. The van der Waals surface area contributed by atoms with Crippen LogP contribution in [-0.2, 0) is 16.0 Å². The first-order valence-electron chi connectivity index (χ1n) is 10.9. The van der Waals surface area contributed by atoms with Gasteiger partial charge < -0.3 is 8.83 Å². The molecule has 1 saturated carbocycles. The van der Waals surface area contributed by atoms with Crippen LogP contribution in [0.5, 0.6) is 0 Å². The minimum atomic E-state index is -0.402. The molecular weight excluding hydrogens is 380 g/mol. The zero-order valence-electron chi connectivity index (χ0n) is 18.6. The van der Waals surface area contributed by atoms with Gasteiger partial charge in [0, 0.05) is 24.2 Å². The summed E-state index contributed by atoms with van der Waals surface area (Å²) < 4.78 is 10.8. The number of rotatable bonds is 9. The second kappa shape index (κ2) is 9.15. The average Bonchev–Trinajstić information content (AvgIpc) is 3.44. The maximum atomic E-state index is 13.2. The van der Waals surface area contributed by atoms with E-state index in [4.69, 9.17) is 8.83 Å². The molecule has 5 atom stereocenters. The molecule has 0 aromatic carbocycles. The summed E-state index contributed by atoms with van der Waals surface area (Å²) in [5.74, 6) is -0.693. The van der Waals surface area contributed by atoms with Gasteiger partial charge in [-0.2, -0.15) is 0 Å². The predicted molar refractivity (Wildman–Crippen MR) is 113 cm³/mol. The van der Waals surface area contributed by atoms with Crippen molar-refractivity contribution < 1.29 is 23.2 Å². The van der Waals surface area contributed by atoms with Crippen molar-refractivity contribution in [3.63, 3.8) is 0 Å². The number of furan rings is 2. The first-order chi connectivity index (χ1) is 14.2. The fourth-order valence-electron chi connectivity index (χ4n) is 4.78. The van der Waals surface area contributed by atoms with Crippen LogP contribution in [0.2, 0.25) is 0 Å². The molecule has 0 unspecified atom stereocenters. The van der Waals surface area contributed by atoms with Crippen LogP contribution in [0.4, 0.5) is 0 Å². The number of aryl methyl sites for hydroxylation is 3. The zero-order chi connectivity index (χ0) is 22.0. The Morgan fingerprint density at radius 1 is 1.13 bits per heavy atom. The summed E-state index contributed by atoms with van der Waals surface area (Å²) in [6.45, 7) is 9.53. The molecule has 2 aromatic heterocycles. The van der Waals surface area contributed by atoms with Gasteiger partial charge in [-0.05, 0) is 68.2 Å². The Morgan fingerprint density at radius 2 is 1.87 bits per heavy atom. The van der Waals surface area contributed by atoms with Gasteiger partial charge in [-0.3, -0.25) is 14.4 Å². The van der Waals surface area contributed by atoms with E-state index in [9.17, 15) is 14.4 Å². The molecule has 5 nitrogen and oxygen atoms in total. The van der Waals surface area contributed by atoms with E-state index in [-0.39, 0.29) is 41.0 Å². The third-order valence-electron chi connectivity index (χ3n) is 6.82. The van der Waals surface area contributed by atoms with Crippen LogP contribution < -0.4 is 0 Å². The number of carbonyl (C=O) groups excluding carboxylic acids is 3. The molecular formula is C25H32O5. The third-order valence-corrected chi connectivity index (χ3v) is 6.82. The van der Waals surface area contributed by atoms with Gasteiger partial charge in [-0.25, -0.2) is 0 Å². The van der Waals surface area contributed by atoms with Crippen LogP contribution in [0.3, 0.4) is 0 Å². The average molecular weight is 413 g/mol. The maximum Gasteiger partial charge on any atom is 0.202 e. The minimum absolute atomic E-state index is 0.0891. The summed E-state index contributed by atoms with van der Waals surface area (Å²) in [5, 5.41) is 0. The lowest BCUT2D eigenvalue weighted by Gasteiger charge is -2.26. The Balaban J connectivity index is 1.68. The third kappa shape index (κ3) is 4.50. The van der Waals surface area contributed by atoms with Gasteiger partial charge in [-0.15, -0.1) is 0 Å². The molecule has 162 valence electrons. The van der Waals surface area contributed by atoms with Crippen LogP contribution in [0.1, 0.15) is 67.5 Å². The first-order valence-corrected chi connectivity index (χ1v) is 10.9. The quantitative estimate of drug-likeness (QED) is 0.408. The lowest BCUT2D eigenvalue weighted by molar-refractivity contribution is -0.142. The van der Waals surface area contributed by atoms with Gasteiger partial charge in [0.05, 0.1) is 12.5 Å². The summed E-state index contributed by atoms with van der Waals surface area (Å²) in [4.78, 5) is 39.0. The molecule has 1 aliphatic rings. The van der Waals surface area contributed by atoms with Gasteiger partial charge >= 0.3 is 0 Å². The monoisotopic (exact) mass is 412 g/mol. The Bertz CT molecular complexity index is 918. The number of ketones is 3. The standard InChI is InChI=1S/C25H32O5/c1-14-12-21(30-13-14)24(27)18(5)19-8-6-16(3)22(19)25(28)23(26)17(4)7-9-20-15(2)10-11-29-20/h10-13,16-19,22H,6-9H2,1-5H3/t16-,17+,18-,19-,22+/m0/s1. The molecule has 0 amide bonds. The van der Waals surface area contributed by atoms with Crippen molar-refractivity contribution in [2.75, 3.05) is 0 Å². The highest BCUT2D eigenvalue weighted by atomic mass is 16.3. The second-order valence-electron chi connectivity index (χ2n) is 9.08. The highest BCUT2D eigenvalue weighted by Gasteiger charge is 2.45. The zero-order valence-corrected chi connectivity index (χ0v) is 18.6. The van der Waals surface area contributed by atoms with Gasteiger partial charge in [0.15, 0.2) is 5.76 Å². The maximum absolute atomic E-state index is 13.2. The fourth-order valence-corrected chi connectivity index (χ4v) is 4.78. The van der Waals surface area contributed by atoms with Gasteiger partial charge in [0.2, 0.25) is 17.3 Å². The van der Waals surface area contributed by atoms with Gasteiger partial charge in [0.1, 0.15) is 5.76 Å². The Kier molecular flexibility index (Phi) is 6.79. The summed E-state index contributed by atoms with van der Waals surface area (Å²) in [6.07, 6.45) is 6.04. The van der Waals surface area contributed by atoms with Crippen LogP contribution >= 0.6 is 0 Å². The van der Waals surface area contributed by atoms with Crippen LogP contribution in [0, 0.1) is 43.4 Å². The lowest BCUT2D eigenvalue weighted by Crippen LogP contribution is -2.37. The number of hydrogen-bond acceptors (Lipinski definition) is 5. The molecule has 1 aliphatic carbocycles. The lowest BCUT2D eigenvalue weighted by atomic mass is 9.75. The van der Waals surface area contributed by atoms with Crippen LogP contribution in [-0.4, -0.2) is 17.3 Å². The Labute approximate surface area is 178 Å². The molecule has 0 bridgehead atoms. The summed E-state index contributed by atoms with van der Waals surface area (Å²) >= 11 is 0. The van der Waals surface area contributed by atoms with E-state index in [2.05, 4.69) is 0 Å². The molecule has 0 spiro atoms. The second-order valence-corrected chi connectivity index (χ2v) is 9.08. The molecule has 0 radical (unpaired) electrons. The molecule has 1 fully saturated rings. The van der Waals surface area contributed by atoms with E-state index in [0.29, 0.717) is 18.6 Å². The molecule has 0 N–H and O–H groups in total. The number of carbonyl (C=O) groups is 3. The largest absolute Gasteiger partial charge is 0.469 e. The van der Waals surface area contributed by atoms with Crippen molar-refractivity contribution >= 4 is 17.3 Å². The molecule has 5 heteroatoms. The number of Topliss-reactive ketones (excluding diaryl/α,β-unsaturated/α-hetero) is 3. The summed E-state index contributed by atoms with van der Waals surface area (Å²) in [5.41, 5.74) is 1.96. The number of hydrogen-bond donors (Lipinski definition) is 0. The van der Waals surface area contributed by atoms with E-state index in [1.807, 2.05) is 40.7 Å². The van der Waals surface area contributed by atoms with E-state index in [1.54, 1.807) is 18.6 Å². The van der Waals surface area contributed by atoms with Crippen molar-refractivity contribution in [1.29, 1.82) is 0 Å². The summed E-state index contributed by atoms with van der Waals surface area (Å²) in [7, 11) is 0. The van der Waals surface area contributed by atoms with Crippen LogP contribution in [0.15, 0.2) is 33.5 Å². The first kappa shape index (κ1) is 22.3. The Hall–Kier alpha value is -2.43. The topological polar surface area (TPSA) is 77.5 Å². The van der Waals surface area contributed by atoms with E-state index in [0.717, 1.165) is 29.7 Å². The summed E-state index contributed by atoms with van der Waals surface area (Å²) in [6, 6.07) is 3.63. The SMILES string of the molecule is Cc1coc(C(=O)[C@@H](C)[C@@H]2CC[C@H](C)[C@H]2C(=O)C(=O)[C@H](C)CCc2occc2C)c1. The molecule has 3 rings (SSSR count). The Morgan fingerprint density at radius 3 is 2.47 bits per heavy atom. The van der Waals surface area contributed by atoms with Gasteiger partial charge in [-0.1, -0.05) is 20.8 Å². The molecule has 2 aromatic rings. The van der Waals surface area contributed by atoms with E-state index < -0.39 is 5.92 Å². The van der Waals surface area contributed by atoms with Crippen molar-refractivity contribution in [2.24, 2.45) is 29.6 Å². The molecule has 2 heterocycles. The van der Waals surface area contributed by atoms with Crippen molar-refractivity contribution in [2.45, 2.75) is 60.3 Å². The molecule has 0 saturated heterocycles. The van der Waals surface area contributed by atoms with Gasteiger partial charge in [0.25, 0.3) is 0 Å².